The van der Waals surface area contributed by atoms with E-state index in [9.17, 15) is 4.79 Å². The van der Waals surface area contributed by atoms with Crippen molar-refractivity contribution < 1.29 is 18.6 Å². The van der Waals surface area contributed by atoms with Gasteiger partial charge in [0, 0.05) is 11.6 Å². The van der Waals surface area contributed by atoms with Gasteiger partial charge in [-0.2, -0.15) is 0 Å². The van der Waals surface area contributed by atoms with E-state index in [0.717, 1.165) is 22.4 Å². The third-order valence-corrected chi connectivity index (χ3v) is 11.1. The van der Waals surface area contributed by atoms with E-state index in [4.69, 9.17) is 18.6 Å². The molecule has 1 heterocycles. The number of methoxy groups -OCH3 is 2. The number of aryl methyl sites for hydroxylation is 2. The van der Waals surface area contributed by atoms with Crippen molar-refractivity contribution in [2.45, 2.75) is 52.8 Å². The molecule has 0 bridgehead atoms. The first kappa shape index (κ1) is 25.8. The molecular weight excluding hydrogens is 448 g/mol. The minimum atomic E-state index is -1.80. The van der Waals surface area contributed by atoms with E-state index in [-0.39, 0.29) is 10.6 Å². The van der Waals surface area contributed by atoms with Gasteiger partial charge in [-0.05, 0) is 61.3 Å². The summed E-state index contributed by atoms with van der Waals surface area (Å²) in [5.74, 6) is 2.33. The summed E-state index contributed by atoms with van der Waals surface area (Å²) < 4.78 is 23.0. The molecule has 34 heavy (non-hydrogen) atoms. The first-order valence-corrected chi connectivity index (χ1v) is 14.3. The van der Waals surface area contributed by atoms with Crippen LogP contribution >= 0.6 is 0 Å². The number of benzene rings is 2. The number of aromatic nitrogens is 2. The smallest absolute Gasteiger partial charge is 0.259 e. The summed E-state index contributed by atoms with van der Waals surface area (Å²) in [5.41, 5.74) is 3.05. The Morgan fingerprint density at radius 2 is 1.53 bits per heavy atom. The molecule has 3 aromatic rings. The maximum atomic E-state index is 12.8. The Morgan fingerprint density at radius 3 is 2.09 bits per heavy atom. The van der Waals surface area contributed by atoms with Gasteiger partial charge in [0.15, 0.2) is 19.8 Å². The summed E-state index contributed by atoms with van der Waals surface area (Å²) in [6.07, 6.45) is 0. The molecule has 0 aliphatic rings. The zero-order valence-electron chi connectivity index (χ0n) is 21.7. The zero-order valence-corrected chi connectivity index (χ0v) is 22.7. The molecule has 0 fully saturated rings. The number of H-pyrrole nitrogens is 1. The van der Waals surface area contributed by atoms with E-state index in [2.05, 4.69) is 43.8 Å². The standard InChI is InChI=1S/C26H36N2O5Si/c1-16-12-18(13-17(2)23(16)32-10-11-33-34(8,9)26(3,4)5)24-27-20-15-22(31-7)21(30-6)14-19(20)25(29)28-24/h12-15H,10-11H2,1-9H3,(H,27,28,29). The normalized spacial score (nSPS) is 12.1. The maximum absolute atomic E-state index is 12.8. The largest absolute Gasteiger partial charge is 0.493 e. The van der Waals surface area contributed by atoms with Crippen molar-refractivity contribution in [1.82, 2.24) is 9.97 Å². The van der Waals surface area contributed by atoms with Crippen molar-refractivity contribution in [2.24, 2.45) is 0 Å². The molecular formula is C26H36N2O5Si. The minimum absolute atomic E-state index is 0.166. The number of aromatic amines is 1. The summed E-state index contributed by atoms with van der Waals surface area (Å²) in [7, 11) is 1.29. The van der Waals surface area contributed by atoms with E-state index in [0.29, 0.717) is 41.4 Å². The molecule has 0 unspecified atom stereocenters. The first-order valence-electron chi connectivity index (χ1n) is 11.4. The van der Waals surface area contributed by atoms with Gasteiger partial charge in [-0.15, -0.1) is 0 Å². The fourth-order valence-electron chi connectivity index (χ4n) is 3.57. The second-order valence-electron chi connectivity index (χ2n) is 10.0. The molecule has 0 spiro atoms. The van der Waals surface area contributed by atoms with Crippen LogP contribution in [0.5, 0.6) is 17.2 Å². The molecule has 1 N–H and O–H groups in total. The van der Waals surface area contributed by atoms with E-state index in [1.54, 1.807) is 19.2 Å². The Kier molecular flexibility index (Phi) is 7.43. The number of nitrogens with zero attached hydrogens (tertiary/aromatic N) is 1. The highest BCUT2D eigenvalue weighted by atomic mass is 28.4. The van der Waals surface area contributed by atoms with Crippen molar-refractivity contribution in [3.05, 3.63) is 45.7 Å². The molecule has 0 saturated heterocycles. The van der Waals surface area contributed by atoms with Crippen molar-refractivity contribution in [3.8, 4) is 28.6 Å². The summed E-state index contributed by atoms with van der Waals surface area (Å²) in [6, 6.07) is 7.30. The van der Waals surface area contributed by atoms with Gasteiger partial charge in [0.2, 0.25) is 0 Å². The number of ether oxygens (including phenoxy) is 3. The molecule has 0 aliphatic carbocycles. The lowest BCUT2D eigenvalue weighted by molar-refractivity contribution is 0.202. The van der Waals surface area contributed by atoms with Crippen LogP contribution in [-0.2, 0) is 4.43 Å². The lowest BCUT2D eigenvalue weighted by atomic mass is 10.0. The first-order chi connectivity index (χ1) is 15.9. The Hall–Kier alpha value is -2.84. The molecule has 0 atom stereocenters. The molecule has 184 valence electrons. The van der Waals surface area contributed by atoms with Gasteiger partial charge >= 0.3 is 0 Å². The van der Waals surface area contributed by atoms with Gasteiger partial charge in [0.1, 0.15) is 18.2 Å². The molecule has 7 nitrogen and oxygen atoms in total. The molecule has 0 saturated carbocycles. The van der Waals surface area contributed by atoms with Gasteiger partial charge in [-0.1, -0.05) is 20.8 Å². The van der Waals surface area contributed by atoms with Crippen LogP contribution in [0.25, 0.3) is 22.3 Å². The molecule has 0 radical (unpaired) electrons. The topological polar surface area (TPSA) is 82.7 Å². The van der Waals surface area contributed by atoms with E-state index < -0.39 is 8.32 Å². The summed E-state index contributed by atoms with van der Waals surface area (Å²) >= 11 is 0. The summed E-state index contributed by atoms with van der Waals surface area (Å²) in [5, 5.41) is 0.607. The summed E-state index contributed by atoms with van der Waals surface area (Å²) in [4.78, 5) is 20.3. The predicted molar refractivity (Wildman–Crippen MR) is 139 cm³/mol. The Labute approximate surface area is 202 Å². The molecule has 2 aromatic carbocycles. The van der Waals surface area contributed by atoms with Crippen LogP contribution in [0.15, 0.2) is 29.1 Å². The van der Waals surface area contributed by atoms with Gasteiger partial charge in [-0.3, -0.25) is 4.79 Å². The number of rotatable bonds is 8. The van der Waals surface area contributed by atoms with Crippen LogP contribution in [0.1, 0.15) is 31.9 Å². The Morgan fingerprint density at radius 1 is 0.941 bits per heavy atom. The maximum Gasteiger partial charge on any atom is 0.259 e. The number of nitrogens with one attached hydrogen (secondary N) is 1. The van der Waals surface area contributed by atoms with Crippen LogP contribution in [0.3, 0.4) is 0 Å². The van der Waals surface area contributed by atoms with Crippen LogP contribution in [0.2, 0.25) is 18.1 Å². The monoisotopic (exact) mass is 484 g/mol. The van der Waals surface area contributed by atoms with Crippen molar-refractivity contribution in [1.29, 1.82) is 0 Å². The SMILES string of the molecule is COc1cc2nc(-c3cc(C)c(OCCO[Si](C)(C)C(C)(C)C)c(C)c3)[nH]c(=O)c2cc1OC. The number of fused-ring (bicyclic) bond motifs is 1. The second-order valence-corrected chi connectivity index (χ2v) is 14.8. The van der Waals surface area contributed by atoms with Gasteiger partial charge < -0.3 is 23.6 Å². The molecule has 3 rings (SSSR count). The van der Waals surface area contributed by atoms with Crippen molar-refractivity contribution >= 4 is 19.2 Å². The Bertz CT molecular complexity index is 1220. The summed E-state index contributed by atoms with van der Waals surface area (Å²) in [6.45, 7) is 16.2. The van der Waals surface area contributed by atoms with E-state index >= 15 is 0 Å². The Balaban J connectivity index is 1.85. The van der Waals surface area contributed by atoms with Crippen LogP contribution in [-0.4, -0.2) is 45.7 Å². The van der Waals surface area contributed by atoms with Gasteiger partial charge in [0.05, 0.1) is 31.7 Å². The molecule has 0 aliphatic heterocycles. The number of hydrogen-bond donors (Lipinski definition) is 1. The quantitative estimate of drug-likeness (QED) is 0.330. The fourth-order valence-corrected chi connectivity index (χ4v) is 4.60. The van der Waals surface area contributed by atoms with Gasteiger partial charge in [0.25, 0.3) is 5.56 Å². The number of hydrogen-bond acceptors (Lipinski definition) is 6. The van der Waals surface area contributed by atoms with Gasteiger partial charge in [-0.25, -0.2) is 4.98 Å². The minimum Gasteiger partial charge on any atom is -0.493 e. The predicted octanol–water partition coefficient (Wildman–Crippen LogP) is 5.62. The lowest BCUT2D eigenvalue weighted by Gasteiger charge is -2.36. The zero-order chi connectivity index (χ0) is 25.3. The van der Waals surface area contributed by atoms with Crippen molar-refractivity contribution in [2.75, 3.05) is 27.4 Å². The van der Waals surface area contributed by atoms with Crippen molar-refractivity contribution in [3.63, 3.8) is 0 Å². The fraction of sp³-hybridized carbons (Fsp3) is 0.462. The highest BCUT2D eigenvalue weighted by Crippen LogP contribution is 2.36. The molecule has 8 heteroatoms. The third-order valence-electron chi connectivity index (χ3n) is 6.54. The lowest BCUT2D eigenvalue weighted by Crippen LogP contribution is -2.41. The van der Waals surface area contributed by atoms with E-state index in [1.165, 1.54) is 7.11 Å². The highest BCUT2D eigenvalue weighted by Gasteiger charge is 2.36. The van der Waals surface area contributed by atoms with E-state index in [1.807, 2.05) is 26.0 Å². The second kappa shape index (κ2) is 9.80. The molecule has 1 aromatic heterocycles. The van der Waals surface area contributed by atoms with Crippen LogP contribution in [0.4, 0.5) is 0 Å². The molecule has 0 amide bonds. The average Bonchev–Trinajstić information content (AvgIpc) is 2.76. The third kappa shape index (κ3) is 5.28. The van der Waals surface area contributed by atoms with Crippen LogP contribution < -0.4 is 19.8 Å². The highest BCUT2D eigenvalue weighted by molar-refractivity contribution is 6.74. The van der Waals surface area contributed by atoms with Crippen LogP contribution in [0, 0.1) is 13.8 Å². The average molecular weight is 485 g/mol.